The first-order chi connectivity index (χ1) is 10.7. The highest BCUT2D eigenvalue weighted by atomic mass is 16.6. The van der Waals surface area contributed by atoms with Crippen LogP contribution < -0.4 is 0 Å². The minimum Gasteiger partial charge on any atom is -0.381 e. The third-order valence-corrected chi connectivity index (χ3v) is 3.65. The summed E-state index contributed by atoms with van der Waals surface area (Å²) in [4.78, 5) is 10.7. The van der Waals surface area contributed by atoms with E-state index in [1.807, 2.05) is 24.4 Å². The Balaban J connectivity index is 2.44. The summed E-state index contributed by atoms with van der Waals surface area (Å²) >= 11 is 0. The average Bonchev–Trinajstić information content (AvgIpc) is 2.91. The number of fused-ring (bicyclic) bond motifs is 1. The van der Waals surface area contributed by atoms with E-state index in [1.54, 1.807) is 19.2 Å². The molecule has 0 aliphatic heterocycles. The minimum absolute atomic E-state index is 0.121. The molecule has 0 saturated heterocycles. The molecule has 1 aromatic carbocycles. The van der Waals surface area contributed by atoms with Gasteiger partial charge in [-0.05, 0) is 12.5 Å². The second-order valence-electron chi connectivity index (χ2n) is 5.30. The summed E-state index contributed by atoms with van der Waals surface area (Å²) in [6.45, 7) is 3.59. The zero-order chi connectivity index (χ0) is 15.9. The SMILES string of the molecule is CCCCCn1ccc2cc([N+](=O)[O-])cc(/C=C/COC)c21. The molecule has 0 fully saturated rings. The maximum Gasteiger partial charge on any atom is 0.270 e. The lowest BCUT2D eigenvalue weighted by Crippen LogP contribution is -1.98. The molecule has 2 rings (SSSR count). The number of methoxy groups -OCH3 is 1. The first-order valence-electron chi connectivity index (χ1n) is 7.60. The summed E-state index contributed by atoms with van der Waals surface area (Å²) in [5.74, 6) is 0. The molecule has 5 heteroatoms. The van der Waals surface area contributed by atoms with E-state index < -0.39 is 0 Å². The third kappa shape index (κ3) is 3.74. The maximum absolute atomic E-state index is 11.1. The standard InChI is InChI=1S/C17H22N2O3/c1-3-4-5-9-18-10-8-15-13-16(19(20)21)12-14(17(15)18)7-6-11-22-2/h6-8,10,12-13H,3-5,9,11H2,1-2H3/b7-6+. The van der Waals surface area contributed by atoms with E-state index in [1.165, 1.54) is 12.8 Å². The summed E-state index contributed by atoms with van der Waals surface area (Å²) in [6.07, 6.45) is 9.25. The predicted molar refractivity (Wildman–Crippen MR) is 89.0 cm³/mol. The number of aryl methyl sites for hydroxylation is 1. The van der Waals surface area contributed by atoms with Crippen molar-refractivity contribution in [3.05, 3.63) is 46.1 Å². The molecule has 0 saturated carbocycles. The molecule has 1 heterocycles. The van der Waals surface area contributed by atoms with Gasteiger partial charge in [0.1, 0.15) is 0 Å². The van der Waals surface area contributed by atoms with Gasteiger partial charge in [0.15, 0.2) is 0 Å². The molecule has 2 aromatic rings. The van der Waals surface area contributed by atoms with Gasteiger partial charge in [-0.15, -0.1) is 0 Å². The Kier molecular flexibility index (Phi) is 5.72. The van der Waals surface area contributed by atoms with Crippen molar-refractivity contribution in [1.82, 2.24) is 4.57 Å². The molecule has 0 aliphatic rings. The van der Waals surface area contributed by atoms with Crippen LogP contribution in [0.4, 0.5) is 5.69 Å². The van der Waals surface area contributed by atoms with E-state index in [0.717, 1.165) is 29.4 Å². The number of nitro benzene ring substituents is 1. The molecule has 22 heavy (non-hydrogen) atoms. The zero-order valence-corrected chi connectivity index (χ0v) is 13.1. The van der Waals surface area contributed by atoms with E-state index in [0.29, 0.717) is 6.61 Å². The average molecular weight is 302 g/mol. The van der Waals surface area contributed by atoms with Crippen molar-refractivity contribution in [2.45, 2.75) is 32.7 Å². The molecule has 118 valence electrons. The molecule has 0 spiro atoms. The van der Waals surface area contributed by atoms with Crippen molar-refractivity contribution >= 4 is 22.7 Å². The fraction of sp³-hybridized carbons (Fsp3) is 0.412. The van der Waals surface area contributed by atoms with Gasteiger partial charge in [-0.1, -0.05) is 31.9 Å². The molecule has 0 N–H and O–H groups in total. The lowest BCUT2D eigenvalue weighted by Gasteiger charge is -2.08. The number of hydrogen-bond acceptors (Lipinski definition) is 3. The van der Waals surface area contributed by atoms with E-state index in [9.17, 15) is 10.1 Å². The highest BCUT2D eigenvalue weighted by molar-refractivity contribution is 5.90. The minimum atomic E-state index is -0.346. The van der Waals surface area contributed by atoms with Crippen LogP contribution >= 0.6 is 0 Å². The second-order valence-corrected chi connectivity index (χ2v) is 5.30. The Bertz CT molecular complexity index is 674. The topological polar surface area (TPSA) is 57.3 Å². The van der Waals surface area contributed by atoms with Gasteiger partial charge in [0.25, 0.3) is 5.69 Å². The summed E-state index contributed by atoms with van der Waals surface area (Å²) in [5.41, 5.74) is 2.03. The van der Waals surface area contributed by atoms with Crippen LogP contribution in [0.3, 0.4) is 0 Å². The first kappa shape index (κ1) is 16.2. The van der Waals surface area contributed by atoms with Crippen LogP contribution in [0, 0.1) is 10.1 Å². The Labute approximate surface area is 130 Å². The quantitative estimate of drug-likeness (QED) is 0.412. The van der Waals surface area contributed by atoms with E-state index in [4.69, 9.17) is 4.74 Å². The molecule has 5 nitrogen and oxygen atoms in total. The number of aromatic nitrogens is 1. The van der Waals surface area contributed by atoms with Crippen molar-refractivity contribution in [3.8, 4) is 0 Å². The van der Waals surface area contributed by atoms with Crippen molar-refractivity contribution in [1.29, 1.82) is 0 Å². The van der Waals surface area contributed by atoms with Crippen molar-refractivity contribution < 1.29 is 9.66 Å². The first-order valence-corrected chi connectivity index (χ1v) is 7.60. The van der Waals surface area contributed by atoms with Gasteiger partial charge in [0.2, 0.25) is 0 Å². The highest BCUT2D eigenvalue weighted by Crippen LogP contribution is 2.28. The Morgan fingerprint density at radius 2 is 2.18 bits per heavy atom. The molecule has 1 aromatic heterocycles. The maximum atomic E-state index is 11.1. The summed E-state index contributed by atoms with van der Waals surface area (Å²) in [7, 11) is 1.63. The largest absolute Gasteiger partial charge is 0.381 e. The van der Waals surface area contributed by atoms with Crippen LogP contribution in [0.1, 0.15) is 31.7 Å². The van der Waals surface area contributed by atoms with Gasteiger partial charge in [-0.25, -0.2) is 0 Å². The van der Waals surface area contributed by atoms with Crippen LogP contribution in [0.15, 0.2) is 30.5 Å². The summed E-state index contributed by atoms with van der Waals surface area (Å²) in [5, 5.41) is 12.0. The molecule has 0 bridgehead atoms. The van der Waals surface area contributed by atoms with Gasteiger partial charge in [0, 0.05) is 42.9 Å². The number of unbranched alkanes of at least 4 members (excludes halogenated alkanes) is 2. The van der Waals surface area contributed by atoms with Crippen molar-refractivity contribution in [3.63, 3.8) is 0 Å². The second kappa shape index (κ2) is 7.75. The van der Waals surface area contributed by atoms with Gasteiger partial charge < -0.3 is 9.30 Å². The number of non-ortho nitro benzene ring substituents is 1. The third-order valence-electron chi connectivity index (χ3n) is 3.65. The fourth-order valence-electron chi connectivity index (χ4n) is 2.59. The number of rotatable bonds is 8. The van der Waals surface area contributed by atoms with Gasteiger partial charge in [-0.2, -0.15) is 0 Å². The zero-order valence-electron chi connectivity index (χ0n) is 13.1. The lowest BCUT2D eigenvalue weighted by molar-refractivity contribution is -0.384. The molecule has 0 amide bonds. The molecular weight excluding hydrogens is 280 g/mol. The van der Waals surface area contributed by atoms with Crippen LogP contribution in [-0.2, 0) is 11.3 Å². The molecule has 0 unspecified atom stereocenters. The van der Waals surface area contributed by atoms with Crippen LogP contribution in [0.5, 0.6) is 0 Å². The van der Waals surface area contributed by atoms with Crippen LogP contribution in [0.25, 0.3) is 17.0 Å². The molecule has 0 atom stereocenters. The van der Waals surface area contributed by atoms with E-state index in [2.05, 4.69) is 11.5 Å². The van der Waals surface area contributed by atoms with Gasteiger partial charge >= 0.3 is 0 Å². The normalized spacial score (nSPS) is 11.5. The number of benzene rings is 1. The molecule has 0 radical (unpaired) electrons. The lowest BCUT2D eigenvalue weighted by atomic mass is 10.1. The Morgan fingerprint density at radius 3 is 2.86 bits per heavy atom. The Morgan fingerprint density at radius 1 is 1.36 bits per heavy atom. The smallest absolute Gasteiger partial charge is 0.270 e. The fourth-order valence-corrected chi connectivity index (χ4v) is 2.59. The number of nitrogens with zero attached hydrogens (tertiary/aromatic N) is 2. The van der Waals surface area contributed by atoms with Crippen molar-refractivity contribution in [2.24, 2.45) is 0 Å². The summed E-state index contributed by atoms with van der Waals surface area (Å²) < 4.78 is 7.20. The van der Waals surface area contributed by atoms with Gasteiger partial charge in [0.05, 0.1) is 17.0 Å². The van der Waals surface area contributed by atoms with Crippen LogP contribution in [-0.4, -0.2) is 23.2 Å². The Hall–Kier alpha value is -2.14. The van der Waals surface area contributed by atoms with E-state index >= 15 is 0 Å². The van der Waals surface area contributed by atoms with Gasteiger partial charge in [-0.3, -0.25) is 10.1 Å². The van der Waals surface area contributed by atoms with E-state index in [-0.39, 0.29) is 10.6 Å². The number of ether oxygens (including phenoxy) is 1. The predicted octanol–water partition coefficient (Wildman–Crippen LogP) is 4.40. The number of nitro groups is 1. The monoisotopic (exact) mass is 302 g/mol. The van der Waals surface area contributed by atoms with Crippen molar-refractivity contribution in [2.75, 3.05) is 13.7 Å². The summed E-state index contributed by atoms with van der Waals surface area (Å²) in [6, 6.07) is 5.21. The molecule has 0 aliphatic carbocycles. The molecular formula is C17H22N2O3. The number of hydrogen-bond donors (Lipinski definition) is 0. The van der Waals surface area contributed by atoms with Crippen LogP contribution in [0.2, 0.25) is 0 Å². The highest BCUT2D eigenvalue weighted by Gasteiger charge is 2.13.